The van der Waals surface area contributed by atoms with Gasteiger partial charge in [-0.25, -0.2) is 14.4 Å². The quantitative estimate of drug-likeness (QED) is 0.122. The Morgan fingerprint density at radius 3 is 2.14 bits per heavy atom. The van der Waals surface area contributed by atoms with Crippen LogP contribution in [-0.4, -0.2) is 61.9 Å². The Morgan fingerprint density at radius 2 is 1.46 bits per heavy atom. The summed E-state index contributed by atoms with van der Waals surface area (Å²) in [6.07, 6.45) is -0.723. The highest BCUT2D eigenvalue weighted by molar-refractivity contribution is 7.19. The minimum absolute atomic E-state index is 0. The third-order valence-corrected chi connectivity index (χ3v) is 10.9. The fourth-order valence-corrected chi connectivity index (χ4v) is 7.99. The molecule has 6 aromatic rings. The molecule has 2 aliphatic rings. The average Bonchev–Trinajstić information content (AvgIpc) is 3.72. The van der Waals surface area contributed by atoms with E-state index < -0.39 is 29.3 Å². The van der Waals surface area contributed by atoms with E-state index in [4.69, 9.17) is 9.47 Å². The van der Waals surface area contributed by atoms with Crippen LogP contribution in [-0.2, 0) is 22.7 Å². The highest BCUT2D eigenvalue weighted by atomic mass is 32.1. The first kappa shape index (κ1) is 40.2. The number of aromatic amines is 2. The monoisotopic (exact) mass is 818 g/mol. The molecule has 8 rings (SSSR count). The van der Waals surface area contributed by atoms with Gasteiger partial charge in [-0.2, -0.15) is 0 Å². The van der Waals surface area contributed by atoms with Gasteiger partial charge in [0.25, 0.3) is 34.7 Å². The molecule has 0 aliphatic carbocycles. The first-order valence-electron chi connectivity index (χ1n) is 16.8. The fourth-order valence-electron chi connectivity index (χ4n) is 5.95. The molecule has 17 nitrogen and oxygen atoms in total. The topological polar surface area (TPSA) is 247 Å². The van der Waals surface area contributed by atoms with Gasteiger partial charge >= 0.3 is 0 Å². The molecule has 1 unspecified atom stereocenters. The number of aliphatic hydroxyl groups excluding tert-OH is 1. The van der Waals surface area contributed by atoms with Crippen molar-refractivity contribution in [2.45, 2.75) is 47.4 Å². The number of rotatable bonds is 7. The minimum atomic E-state index is -0.723. The van der Waals surface area contributed by atoms with Crippen molar-refractivity contribution in [3.8, 4) is 11.5 Å². The number of nitrogens with zero attached hydrogens (tertiary/aromatic N) is 2. The standard InChI is InChI=1S/C19H18N4O5S.C17H13FN4O4S.CH4/c1-8-14-17(26)22-16(23-19(14)29-15(8)9(2)24)18(27)20-6-10-3-4-12-11(5-10)21-13(25)7-28-12;1-7-6-27-17-12(7)15(24)21-14(22-17)16(25)19-4-8-2-9(18)13-10(3-8)20-11(23)5-26-13;/h3-5,9,24H,6-7H2,1-2H3,(H,20,27)(H,21,25)(H,22,23,26);2-3,6H,4-5H2,1H3,(H,19,25)(H,20,23)(H,21,22,24);1H4. The molecule has 0 radical (unpaired) electrons. The maximum Gasteiger partial charge on any atom is 0.287 e. The minimum Gasteiger partial charge on any atom is -0.482 e. The van der Waals surface area contributed by atoms with E-state index in [2.05, 4.69) is 41.2 Å². The molecule has 4 aromatic heterocycles. The fraction of sp³-hybridized carbons (Fsp3) is 0.243. The zero-order valence-corrected chi connectivity index (χ0v) is 31.3. The number of aromatic nitrogens is 4. The van der Waals surface area contributed by atoms with E-state index in [1.54, 1.807) is 44.4 Å². The van der Waals surface area contributed by atoms with Crippen LogP contribution in [0.2, 0.25) is 0 Å². The molecule has 20 heteroatoms. The summed E-state index contributed by atoms with van der Waals surface area (Å²) in [5.74, 6) is -2.09. The van der Waals surface area contributed by atoms with Crippen molar-refractivity contribution in [1.29, 1.82) is 0 Å². The van der Waals surface area contributed by atoms with Crippen molar-refractivity contribution in [2.75, 3.05) is 23.8 Å². The van der Waals surface area contributed by atoms with Crippen LogP contribution in [0.5, 0.6) is 11.5 Å². The van der Waals surface area contributed by atoms with E-state index >= 15 is 0 Å². The van der Waals surface area contributed by atoms with E-state index in [1.165, 1.54) is 34.8 Å². The molecule has 4 amide bonds. The number of carbonyl (C=O) groups excluding carboxylic acids is 4. The third-order valence-electron chi connectivity index (χ3n) is 8.58. The van der Waals surface area contributed by atoms with E-state index in [0.717, 1.165) is 11.1 Å². The van der Waals surface area contributed by atoms with Gasteiger partial charge in [0.05, 0.1) is 28.3 Å². The number of anilines is 2. The SMILES string of the molecule is C.Cc1c(C(C)O)sc2nc(C(=O)NCc3ccc4c(c3)NC(=O)CO4)[nH]c(=O)c12.Cc1csc2nc(C(=O)NCc3cc(F)c4c(c3)NC(=O)CO4)[nH]c(=O)c12. The van der Waals surface area contributed by atoms with Crippen molar-refractivity contribution in [3.63, 3.8) is 0 Å². The van der Waals surface area contributed by atoms with Gasteiger partial charge in [0.1, 0.15) is 15.4 Å². The van der Waals surface area contributed by atoms with Crippen LogP contribution in [0.3, 0.4) is 0 Å². The number of carbonyl (C=O) groups is 4. The third kappa shape index (κ3) is 8.37. The molecule has 296 valence electrons. The summed E-state index contributed by atoms with van der Waals surface area (Å²) in [4.78, 5) is 87.1. The number of benzene rings is 2. The molecule has 1 atom stereocenters. The number of thiophene rings is 2. The smallest absolute Gasteiger partial charge is 0.287 e. The number of H-pyrrole nitrogens is 2. The largest absolute Gasteiger partial charge is 0.482 e. The predicted octanol–water partition coefficient (Wildman–Crippen LogP) is 3.94. The Labute approximate surface area is 329 Å². The van der Waals surface area contributed by atoms with Crippen LogP contribution < -0.4 is 41.9 Å². The van der Waals surface area contributed by atoms with Crippen LogP contribution in [0.15, 0.2) is 45.3 Å². The van der Waals surface area contributed by atoms with Crippen molar-refractivity contribution in [2.24, 2.45) is 0 Å². The molecule has 2 aliphatic heterocycles. The van der Waals surface area contributed by atoms with Crippen LogP contribution >= 0.6 is 22.7 Å². The summed E-state index contributed by atoms with van der Waals surface area (Å²) in [5, 5.41) is 23.0. The van der Waals surface area contributed by atoms with E-state index in [-0.39, 0.29) is 74.2 Å². The van der Waals surface area contributed by atoms with Crippen molar-refractivity contribution in [3.05, 3.63) is 101 Å². The van der Waals surface area contributed by atoms with Gasteiger partial charge in [0, 0.05) is 18.0 Å². The Balaban J connectivity index is 0.000000190. The molecule has 0 saturated carbocycles. The zero-order valence-electron chi connectivity index (χ0n) is 29.7. The number of fused-ring (bicyclic) bond motifs is 4. The number of nitrogens with one attached hydrogen (secondary N) is 6. The van der Waals surface area contributed by atoms with Crippen LogP contribution in [0.25, 0.3) is 20.4 Å². The average molecular weight is 819 g/mol. The van der Waals surface area contributed by atoms with Gasteiger partial charge < -0.3 is 45.8 Å². The molecule has 0 bridgehead atoms. The summed E-state index contributed by atoms with van der Waals surface area (Å²) in [6.45, 7) is 5.04. The first-order valence-corrected chi connectivity index (χ1v) is 18.5. The maximum absolute atomic E-state index is 14.1. The van der Waals surface area contributed by atoms with Gasteiger partial charge in [-0.1, -0.05) is 13.5 Å². The number of hydrogen-bond donors (Lipinski definition) is 7. The maximum atomic E-state index is 14.1. The number of halogens is 1. The van der Waals surface area contributed by atoms with Crippen LogP contribution in [0.1, 0.15) is 68.8 Å². The summed E-state index contributed by atoms with van der Waals surface area (Å²) in [7, 11) is 0. The van der Waals surface area contributed by atoms with Crippen molar-refractivity contribution < 1.29 is 38.1 Å². The Morgan fingerprint density at radius 1 is 0.860 bits per heavy atom. The molecular weight excluding hydrogens is 784 g/mol. The summed E-state index contributed by atoms with van der Waals surface area (Å²) in [6, 6.07) is 7.92. The molecular formula is C37H35FN8O9S2. The highest BCUT2D eigenvalue weighted by Gasteiger charge is 2.23. The zero-order chi connectivity index (χ0) is 39.8. The lowest BCUT2D eigenvalue weighted by molar-refractivity contribution is -0.119. The molecule has 0 fully saturated rings. The Kier molecular flexibility index (Phi) is 11.5. The number of aliphatic hydroxyl groups is 1. The second kappa shape index (κ2) is 16.3. The van der Waals surface area contributed by atoms with E-state index in [1.807, 2.05) is 0 Å². The lowest BCUT2D eigenvalue weighted by Gasteiger charge is -2.19. The second-order valence-electron chi connectivity index (χ2n) is 12.7. The first-order chi connectivity index (χ1) is 26.7. The molecule has 2 aromatic carbocycles. The van der Waals surface area contributed by atoms with Gasteiger partial charge in [0.2, 0.25) is 11.6 Å². The number of hydrogen-bond acceptors (Lipinski definition) is 13. The lowest BCUT2D eigenvalue weighted by Crippen LogP contribution is -2.28. The summed E-state index contributed by atoms with van der Waals surface area (Å²) in [5.41, 5.74) is 2.57. The number of ether oxygens (including phenoxy) is 2. The number of amides is 4. The summed E-state index contributed by atoms with van der Waals surface area (Å²) >= 11 is 2.47. The molecule has 0 spiro atoms. The number of aryl methyl sites for hydroxylation is 2. The normalized spacial score (nSPS) is 13.4. The summed E-state index contributed by atoms with van der Waals surface area (Å²) < 4.78 is 24.4. The lowest BCUT2D eigenvalue weighted by atomic mass is 10.1. The van der Waals surface area contributed by atoms with Crippen LogP contribution in [0, 0.1) is 19.7 Å². The Bertz CT molecular complexity index is 2720. The molecule has 7 N–H and O–H groups in total. The Hall–Kier alpha value is -6.51. The molecule has 57 heavy (non-hydrogen) atoms. The van der Waals surface area contributed by atoms with Crippen molar-refractivity contribution in [1.82, 2.24) is 30.6 Å². The predicted molar refractivity (Wildman–Crippen MR) is 211 cm³/mol. The van der Waals surface area contributed by atoms with E-state index in [0.29, 0.717) is 47.9 Å². The van der Waals surface area contributed by atoms with Gasteiger partial charge in [0.15, 0.2) is 24.8 Å². The van der Waals surface area contributed by atoms with Gasteiger partial charge in [-0.05, 0) is 72.7 Å². The van der Waals surface area contributed by atoms with Crippen LogP contribution in [0.4, 0.5) is 15.8 Å². The van der Waals surface area contributed by atoms with E-state index in [9.17, 15) is 38.3 Å². The molecule has 6 heterocycles. The van der Waals surface area contributed by atoms with Crippen molar-refractivity contribution >= 4 is 78.1 Å². The molecule has 0 saturated heterocycles. The van der Waals surface area contributed by atoms with Gasteiger partial charge in [-0.3, -0.25) is 28.8 Å². The highest BCUT2D eigenvalue weighted by Crippen LogP contribution is 2.33. The second-order valence-corrected chi connectivity index (χ2v) is 14.6. The van der Waals surface area contributed by atoms with Gasteiger partial charge in [-0.15, -0.1) is 22.7 Å².